The lowest BCUT2D eigenvalue weighted by Gasteiger charge is -2.22. The van der Waals surface area contributed by atoms with E-state index in [0.717, 1.165) is 35.2 Å². The Bertz CT molecular complexity index is 531. The standard InChI is InChI=1S/C12H19N5OS/c1-18-8-10-14-15-12-17(10)16-11(19-12)6-5-9-4-2-3-7-13-9/h9,13H,2-8H2,1H3. The fourth-order valence-electron chi connectivity index (χ4n) is 2.49. The maximum Gasteiger partial charge on any atom is 0.234 e. The quantitative estimate of drug-likeness (QED) is 0.897. The molecular formula is C12H19N5OS. The van der Waals surface area contributed by atoms with Crippen LogP contribution in [-0.2, 0) is 17.8 Å². The highest BCUT2D eigenvalue weighted by molar-refractivity contribution is 7.16. The van der Waals surface area contributed by atoms with Gasteiger partial charge in [0.05, 0.1) is 0 Å². The Kier molecular flexibility index (Phi) is 4.05. The van der Waals surface area contributed by atoms with Crippen molar-refractivity contribution in [1.82, 2.24) is 25.1 Å². The van der Waals surface area contributed by atoms with Crippen molar-refractivity contribution >= 4 is 16.3 Å². The summed E-state index contributed by atoms with van der Waals surface area (Å²) in [7, 11) is 1.66. The van der Waals surface area contributed by atoms with Crippen molar-refractivity contribution < 1.29 is 4.74 Å². The lowest BCUT2D eigenvalue weighted by molar-refractivity contribution is 0.176. The van der Waals surface area contributed by atoms with E-state index in [1.54, 1.807) is 23.0 Å². The van der Waals surface area contributed by atoms with Crippen LogP contribution >= 0.6 is 11.3 Å². The molecule has 2 aromatic heterocycles. The van der Waals surface area contributed by atoms with Crippen molar-refractivity contribution in [1.29, 1.82) is 0 Å². The zero-order valence-electron chi connectivity index (χ0n) is 11.1. The van der Waals surface area contributed by atoms with Gasteiger partial charge in [-0.25, -0.2) is 0 Å². The van der Waals surface area contributed by atoms with E-state index < -0.39 is 0 Å². The Balaban J connectivity index is 1.64. The van der Waals surface area contributed by atoms with Gasteiger partial charge in [-0.1, -0.05) is 17.8 Å². The SMILES string of the molecule is COCc1nnc2sc(CCC3CCCCN3)nn12. The minimum atomic E-state index is 0.453. The predicted octanol–water partition coefficient (Wildman–Crippen LogP) is 1.41. The van der Waals surface area contributed by atoms with Crippen LogP contribution in [-0.4, -0.2) is 39.5 Å². The fourth-order valence-corrected chi connectivity index (χ4v) is 3.35. The highest BCUT2D eigenvalue weighted by Crippen LogP contribution is 2.18. The molecule has 2 aromatic rings. The van der Waals surface area contributed by atoms with Gasteiger partial charge >= 0.3 is 0 Å². The van der Waals surface area contributed by atoms with Crippen molar-refractivity contribution in [3.63, 3.8) is 0 Å². The molecule has 1 atom stereocenters. The number of hydrogen-bond acceptors (Lipinski definition) is 6. The minimum absolute atomic E-state index is 0.453. The Labute approximate surface area is 116 Å². The number of nitrogens with zero attached hydrogens (tertiary/aromatic N) is 4. The van der Waals surface area contributed by atoms with Gasteiger partial charge in [-0.3, -0.25) is 0 Å². The van der Waals surface area contributed by atoms with Crippen LogP contribution in [0.25, 0.3) is 4.96 Å². The third-order valence-electron chi connectivity index (χ3n) is 3.49. The minimum Gasteiger partial charge on any atom is -0.377 e. The van der Waals surface area contributed by atoms with Gasteiger partial charge < -0.3 is 10.1 Å². The Hall–Kier alpha value is -1.05. The molecule has 0 spiro atoms. The molecule has 1 N–H and O–H groups in total. The van der Waals surface area contributed by atoms with E-state index in [1.807, 2.05) is 0 Å². The van der Waals surface area contributed by atoms with Crippen molar-refractivity contribution in [3.8, 4) is 0 Å². The molecule has 7 heteroatoms. The van der Waals surface area contributed by atoms with Crippen LogP contribution in [0.3, 0.4) is 0 Å². The topological polar surface area (TPSA) is 64.3 Å². The first-order valence-corrected chi connectivity index (χ1v) is 7.61. The summed E-state index contributed by atoms with van der Waals surface area (Å²) in [5.41, 5.74) is 0. The zero-order chi connectivity index (χ0) is 13.1. The molecule has 1 aliphatic heterocycles. The molecule has 3 rings (SSSR count). The second-order valence-electron chi connectivity index (χ2n) is 4.92. The second-order valence-corrected chi connectivity index (χ2v) is 5.97. The molecule has 0 bridgehead atoms. The van der Waals surface area contributed by atoms with Gasteiger partial charge in [0.2, 0.25) is 4.96 Å². The molecule has 0 radical (unpaired) electrons. The van der Waals surface area contributed by atoms with Crippen molar-refractivity contribution in [2.75, 3.05) is 13.7 Å². The van der Waals surface area contributed by atoms with Gasteiger partial charge in [-0.2, -0.15) is 9.61 Å². The summed E-state index contributed by atoms with van der Waals surface area (Å²) < 4.78 is 6.89. The van der Waals surface area contributed by atoms with Crippen LogP contribution in [0.2, 0.25) is 0 Å². The van der Waals surface area contributed by atoms with E-state index in [9.17, 15) is 0 Å². The van der Waals surface area contributed by atoms with Gasteiger partial charge in [0, 0.05) is 19.6 Å². The Morgan fingerprint density at radius 3 is 3.16 bits per heavy atom. The lowest BCUT2D eigenvalue weighted by Crippen LogP contribution is -2.34. The molecule has 1 aliphatic rings. The molecule has 0 saturated carbocycles. The lowest BCUT2D eigenvalue weighted by atomic mass is 10.0. The number of aromatic nitrogens is 4. The third-order valence-corrected chi connectivity index (χ3v) is 4.45. The average Bonchev–Trinajstić information content (AvgIpc) is 3.00. The van der Waals surface area contributed by atoms with Crippen LogP contribution in [0.4, 0.5) is 0 Å². The number of piperidine rings is 1. The first kappa shape index (κ1) is 13.0. The number of aryl methyl sites for hydroxylation is 1. The maximum atomic E-state index is 5.09. The van der Waals surface area contributed by atoms with Crippen LogP contribution < -0.4 is 5.32 Å². The zero-order valence-corrected chi connectivity index (χ0v) is 11.9. The van der Waals surface area contributed by atoms with Crippen molar-refractivity contribution in [2.45, 2.75) is 44.8 Å². The number of nitrogens with one attached hydrogen (secondary N) is 1. The smallest absolute Gasteiger partial charge is 0.234 e. The summed E-state index contributed by atoms with van der Waals surface area (Å²) >= 11 is 1.63. The number of methoxy groups -OCH3 is 1. The molecule has 0 aliphatic carbocycles. The van der Waals surface area contributed by atoms with E-state index in [0.29, 0.717) is 12.6 Å². The fraction of sp³-hybridized carbons (Fsp3) is 0.750. The summed E-state index contributed by atoms with van der Waals surface area (Å²) in [6.45, 7) is 1.61. The van der Waals surface area contributed by atoms with Crippen LogP contribution in [0.1, 0.15) is 36.5 Å². The molecule has 1 saturated heterocycles. The third kappa shape index (κ3) is 2.93. The summed E-state index contributed by atoms with van der Waals surface area (Å²) in [6.07, 6.45) is 6.12. The molecule has 1 fully saturated rings. The van der Waals surface area contributed by atoms with E-state index in [4.69, 9.17) is 4.74 Å². The van der Waals surface area contributed by atoms with Gasteiger partial charge in [0.25, 0.3) is 0 Å². The first-order valence-electron chi connectivity index (χ1n) is 6.79. The summed E-state index contributed by atoms with van der Waals surface area (Å²) in [5, 5.41) is 17.5. The summed E-state index contributed by atoms with van der Waals surface area (Å²) in [4.78, 5) is 0.860. The van der Waals surface area contributed by atoms with E-state index in [2.05, 4.69) is 20.6 Å². The van der Waals surface area contributed by atoms with Crippen LogP contribution in [0.5, 0.6) is 0 Å². The maximum absolute atomic E-state index is 5.09. The van der Waals surface area contributed by atoms with Crippen molar-refractivity contribution in [3.05, 3.63) is 10.8 Å². The van der Waals surface area contributed by atoms with E-state index in [1.165, 1.54) is 19.3 Å². The summed E-state index contributed by atoms with van der Waals surface area (Å²) in [6, 6.07) is 0.654. The summed E-state index contributed by atoms with van der Waals surface area (Å²) in [5.74, 6) is 0.774. The molecule has 3 heterocycles. The molecule has 1 unspecified atom stereocenters. The second kappa shape index (κ2) is 5.94. The van der Waals surface area contributed by atoms with E-state index >= 15 is 0 Å². The van der Waals surface area contributed by atoms with Gasteiger partial charge in [0.1, 0.15) is 11.6 Å². The monoisotopic (exact) mass is 281 g/mol. The van der Waals surface area contributed by atoms with Crippen LogP contribution in [0.15, 0.2) is 0 Å². The highest BCUT2D eigenvalue weighted by Gasteiger charge is 2.15. The molecule has 0 amide bonds. The molecule has 104 valence electrons. The highest BCUT2D eigenvalue weighted by atomic mass is 32.1. The van der Waals surface area contributed by atoms with Crippen LogP contribution in [0, 0.1) is 0 Å². The van der Waals surface area contributed by atoms with Gasteiger partial charge in [0.15, 0.2) is 5.82 Å². The molecule has 0 aromatic carbocycles. The van der Waals surface area contributed by atoms with Gasteiger partial charge in [-0.05, 0) is 25.8 Å². The normalized spacial score (nSPS) is 20.2. The molecule has 19 heavy (non-hydrogen) atoms. The number of hydrogen-bond donors (Lipinski definition) is 1. The predicted molar refractivity (Wildman–Crippen MR) is 73.3 cm³/mol. The van der Waals surface area contributed by atoms with Gasteiger partial charge in [-0.15, -0.1) is 10.2 Å². The average molecular weight is 281 g/mol. The Morgan fingerprint density at radius 2 is 2.37 bits per heavy atom. The van der Waals surface area contributed by atoms with Crippen molar-refractivity contribution in [2.24, 2.45) is 0 Å². The largest absolute Gasteiger partial charge is 0.377 e. The number of rotatable bonds is 5. The number of fused-ring (bicyclic) bond motifs is 1. The molecule has 6 nitrogen and oxygen atoms in total. The van der Waals surface area contributed by atoms with E-state index in [-0.39, 0.29) is 0 Å². The Morgan fingerprint density at radius 1 is 1.42 bits per heavy atom. The first-order chi connectivity index (χ1) is 9.36. The number of ether oxygens (including phenoxy) is 1. The molecular weight excluding hydrogens is 262 g/mol.